The molecule has 1 aliphatic rings. The largest absolute Gasteiger partial charge is 0.495 e. The van der Waals surface area contributed by atoms with Crippen LogP contribution in [0.5, 0.6) is 5.75 Å². The molecule has 0 saturated carbocycles. The van der Waals surface area contributed by atoms with Gasteiger partial charge in [-0.3, -0.25) is 4.79 Å². The van der Waals surface area contributed by atoms with Crippen LogP contribution in [0.2, 0.25) is 0 Å². The number of sulfonamides is 1. The summed E-state index contributed by atoms with van der Waals surface area (Å²) in [4.78, 5) is 25.4. The first kappa shape index (κ1) is 20.2. The monoisotopic (exact) mass is 384 g/mol. The second-order valence-corrected chi connectivity index (χ2v) is 8.17. The van der Waals surface area contributed by atoms with E-state index in [9.17, 15) is 23.1 Å². The van der Waals surface area contributed by atoms with Crippen molar-refractivity contribution in [2.45, 2.75) is 50.1 Å². The number of amides is 1. The zero-order valence-electron chi connectivity index (χ0n) is 15.1. The first-order valence-corrected chi connectivity index (χ1v) is 9.90. The molecule has 1 aliphatic heterocycles. The number of methoxy groups -OCH3 is 1. The fourth-order valence-corrected chi connectivity index (χ4v) is 4.44. The molecular weight excluding hydrogens is 360 g/mol. The number of carboxylic acids is 1. The molecule has 1 fully saturated rings. The predicted octanol–water partition coefficient (Wildman–Crippen LogP) is 1.46. The number of likely N-dealkylation sites (tertiary alicyclic amines) is 1. The van der Waals surface area contributed by atoms with Crippen molar-refractivity contribution in [3.05, 3.63) is 23.8 Å². The van der Waals surface area contributed by atoms with Crippen molar-refractivity contribution < 1.29 is 27.9 Å². The van der Waals surface area contributed by atoms with E-state index in [-0.39, 0.29) is 22.3 Å². The number of aliphatic carboxylic acids is 1. The summed E-state index contributed by atoms with van der Waals surface area (Å²) in [5.74, 6) is -1.44. The molecule has 1 amide bonds. The maximum absolute atomic E-state index is 12.8. The summed E-state index contributed by atoms with van der Waals surface area (Å²) >= 11 is 0. The van der Waals surface area contributed by atoms with Crippen molar-refractivity contribution in [3.63, 3.8) is 0 Å². The van der Waals surface area contributed by atoms with Crippen LogP contribution in [0.1, 0.15) is 43.5 Å². The average Bonchev–Trinajstić information content (AvgIpc) is 2.59. The maximum Gasteiger partial charge on any atom is 0.326 e. The van der Waals surface area contributed by atoms with Crippen LogP contribution < -0.4 is 9.46 Å². The average molecular weight is 384 g/mol. The van der Waals surface area contributed by atoms with E-state index < -0.39 is 27.9 Å². The Labute approximate surface area is 153 Å². The second-order valence-electron chi connectivity index (χ2n) is 6.49. The van der Waals surface area contributed by atoms with E-state index in [2.05, 4.69) is 4.72 Å². The number of nitrogens with zero attached hydrogens (tertiary/aromatic N) is 1. The summed E-state index contributed by atoms with van der Waals surface area (Å²) in [6, 6.07) is 2.86. The number of hydrogen-bond acceptors (Lipinski definition) is 5. The molecule has 144 valence electrons. The van der Waals surface area contributed by atoms with Crippen molar-refractivity contribution in [2.24, 2.45) is 0 Å². The Bertz CT molecular complexity index is 790. The number of carbonyl (C=O) groups excluding carboxylic acids is 1. The Morgan fingerprint density at radius 1 is 1.31 bits per heavy atom. The van der Waals surface area contributed by atoms with Gasteiger partial charge in [-0.25, -0.2) is 17.9 Å². The van der Waals surface area contributed by atoms with Crippen LogP contribution in [0.3, 0.4) is 0 Å². The van der Waals surface area contributed by atoms with Crippen LogP contribution >= 0.6 is 0 Å². The lowest BCUT2D eigenvalue weighted by Gasteiger charge is -2.33. The Morgan fingerprint density at radius 2 is 2.00 bits per heavy atom. The van der Waals surface area contributed by atoms with E-state index >= 15 is 0 Å². The molecule has 1 aromatic carbocycles. The highest BCUT2D eigenvalue weighted by Gasteiger charge is 2.33. The highest BCUT2D eigenvalue weighted by Crippen LogP contribution is 2.27. The van der Waals surface area contributed by atoms with Crippen molar-refractivity contribution in [1.29, 1.82) is 0 Å². The lowest BCUT2D eigenvalue weighted by molar-refractivity contribution is -0.143. The van der Waals surface area contributed by atoms with Gasteiger partial charge >= 0.3 is 5.97 Å². The van der Waals surface area contributed by atoms with Gasteiger partial charge in [0, 0.05) is 18.2 Å². The molecule has 0 aromatic heterocycles. The van der Waals surface area contributed by atoms with Gasteiger partial charge in [0.2, 0.25) is 10.0 Å². The van der Waals surface area contributed by atoms with E-state index in [0.29, 0.717) is 19.4 Å². The Hall–Kier alpha value is -2.13. The molecule has 1 saturated heterocycles. The Kier molecular flexibility index (Phi) is 6.25. The Balaban J connectivity index is 2.42. The number of rotatable bonds is 6. The summed E-state index contributed by atoms with van der Waals surface area (Å²) < 4.78 is 32.6. The first-order chi connectivity index (χ1) is 12.2. The molecule has 1 aromatic rings. The van der Waals surface area contributed by atoms with E-state index in [1.54, 1.807) is 13.8 Å². The van der Waals surface area contributed by atoms with E-state index in [1.807, 2.05) is 0 Å². The van der Waals surface area contributed by atoms with Crippen LogP contribution in [-0.2, 0) is 14.8 Å². The zero-order valence-corrected chi connectivity index (χ0v) is 15.9. The van der Waals surface area contributed by atoms with Crippen molar-refractivity contribution in [1.82, 2.24) is 9.62 Å². The molecular formula is C17H24N2O6S. The predicted molar refractivity (Wildman–Crippen MR) is 94.8 cm³/mol. The minimum absolute atomic E-state index is 0.114. The third kappa shape index (κ3) is 4.34. The van der Waals surface area contributed by atoms with Gasteiger partial charge in [-0.1, -0.05) is 0 Å². The SMILES string of the molecule is COc1ccc(C(=O)N2CCCC[C@@H]2C(=O)O)cc1S(=O)(=O)NC(C)C. The van der Waals surface area contributed by atoms with Crippen LogP contribution in [0, 0.1) is 0 Å². The molecule has 0 radical (unpaired) electrons. The summed E-state index contributed by atoms with van der Waals surface area (Å²) in [5, 5.41) is 9.35. The molecule has 9 heteroatoms. The number of ether oxygens (including phenoxy) is 1. The van der Waals surface area contributed by atoms with Gasteiger partial charge in [0.1, 0.15) is 16.7 Å². The van der Waals surface area contributed by atoms with Gasteiger partial charge < -0.3 is 14.7 Å². The zero-order chi connectivity index (χ0) is 19.5. The fourth-order valence-electron chi connectivity index (χ4n) is 2.99. The highest BCUT2D eigenvalue weighted by atomic mass is 32.2. The van der Waals surface area contributed by atoms with Crippen molar-refractivity contribution >= 4 is 21.9 Å². The summed E-state index contributed by atoms with van der Waals surface area (Å²) in [6.07, 6.45) is 1.84. The molecule has 0 aliphatic carbocycles. The number of nitrogens with one attached hydrogen (secondary N) is 1. The summed E-state index contributed by atoms with van der Waals surface area (Å²) in [5.41, 5.74) is 0.114. The van der Waals surface area contributed by atoms with Crippen LogP contribution in [0.15, 0.2) is 23.1 Å². The van der Waals surface area contributed by atoms with Crippen LogP contribution in [0.4, 0.5) is 0 Å². The standard InChI is InChI=1S/C17H24N2O6S/c1-11(2)18-26(23,24)15-10-12(7-8-14(15)25-3)16(20)19-9-5-4-6-13(19)17(21)22/h7-8,10-11,13,18H,4-6,9H2,1-3H3,(H,21,22)/t13-/m1/s1. The molecule has 1 heterocycles. The number of benzene rings is 1. The minimum Gasteiger partial charge on any atom is -0.495 e. The third-order valence-electron chi connectivity index (χ3n) is 4.14. The smallest absolute Gasteiger partial charge is 0.326 e. The molecule has 2 N–H and O–H groups in total. The Morgan fingerprint density at radius 3 is 2.58 bits per heavy atom. The highest BCUT2D eigenvalue weighted by molar-refractivity contribution is 7.89. The molecule has 26 heavy (non-hydrogen) atoms. The lowest BCUT2D eigenvalue weighted by Crippen LogP contribution is -2.48. The summed E-state index contributed by atoms with van der Waals surface area (Å²) in [7, 11) is -2.54. The van der Waals surface area contributed by atoms with Crippen molar-refractivity contribution in [3.8, 4) is 5.75 Å². The quantitative estimate of drug-likeness (QED) is 0.768. The molecule has 8 nitrogen and oxygen atoms in total. The van der Waals surface area contributed by atoms with Crippen LogP contribution in [0.25, 0.3) is 0 Å². The number of carboxylic acid groups (broad SMARTS) is 1. The van der Waals surface area contributed by atoms with Gasteiger partial charge in [-0.2, -0.15) is 0 Å². The number of piperidine rings is 1. The minimum atomic E-state index is -3.88. The van der Waals surface area contributed by atoms with Gasteiger partial charge in [-0.05, 0) is 51.3 Å². The van der Waals surface area contributed by atoms with E-state index in [4.69, 9.17) is 4.74 Å². The normalized spacial score (nSPS) is 18.0. The first-order valence-electron chi connectivity index (χ1n) is 8.41. The topological polar surface area (TPSA) is 113 Å². The van der Waals surface area contributed by atoms with Gasteiger partial charge in [0.05, 0.1) is 7.11 Å². The third-order valence-corrected chi connectivity index (χ3v) is 5.82. The molecule has 1 atom stereocenters. The lowest BCUT2D eigenvalue weighted by atomic mass is 10.0. The molecule has 2 rings (SSSR count). The van der Waals surface area contributed by atoms with E-state index in [0.717, 1.165) is 6.42 Å². The van der Waals surface area contributed by atoms with Gasteiger partial charge in [0.25, 0.3) is 5.91 Å². The second kappa shape index (κ2) is 8.05. The van der Waals surface area contributed by atoms with E-state index in [1.165, 1.54) is 30.2 Å². The molecule has 0 spiro atoms. The number of carbonyl (C=O) groups is 2. The molecule has 0 bridgehead atoms. The summed E-state index contributed by atoms with van der Waals surface area (Å²) in [6.45, 7) is 3.70. The van der Waals surface area contributed by atoms with Crippen LogP contribution in [-0.4, -0.2) is 56.0 Å². The maximum atomic E-state index is 12.8. The van der Waals surface area contributed by atoms with Gasteiger partial charge in [-0.15, -0.1) is 0 Å². The van der Waals surface area contributed by atoms with Gasteiger partial charge in [0.15, 0.2) is 0 Å². The van der Waals surface area contributed by atoms with Crippen molar-refractivity contribution in [2.75, 3.05) is 13.7 Å². The number of hydrogen-bond donors (Lipinski definition) is 2. The molecule has 0 unspecified atom stereocenters. The fraction of sp³-hybridized carbons (Fsp3) is 0.529.